The largest absolute Gasteiger partial charge is 0.299 e. The molecule has 1 heteroatoms. The van der Waals surface area contributed by atoms with Crippen LogP contribution in [0.1, 0.15) is 33.1 Å². The van der Waals surface area contributed by atoms with E-state index >= 15 is 0 Å². The summed E-state index contributed by atoms with van der Waals surface area (Å²) in [6.07, 6.45) is 3.02. The Morgan fingerprint density at radius 1 is 1.56 bits per heavy atom. The van der Waals surface area contributed by atoms with E-state index in [0.29, 0.717) is 0 Å². The van der Waals surface area contributed by atoms with Gasteiger partial charge >= 0.3 is 0 Å². The van der Waals surface area contributed by atoms with Crippen LogP contribution in [0.4, 0.5) is 0 Å². The first-order valence-electron chi connectivity index (χ1n) is 3.58. The van der Waals surface area contributed by atoms with Crippen molar-refractivity contribution in [3.63, 3.8) is 0 Å². The van der Waals surface area contributed by atoms with Crippen molar-refractivity contribution < 1.29 is 4.79 Å². The van der Waals surface area contributed by atoms with Crippen LogP contribution in [0.5, 0.6) is 0 Å². The van der Waals surface area contributed by atoms with Crippen molar-refractivity contribution in [1.82, 2.24) is 0 Å². The second-order valence-electron chi connectivity index (χ2n) is 2.36. The molecule has 0 aliphatic rings. The van der Waals surface area contributed by atoms with Crippen molar-refractivity contribution >= 4 is 5.78 Å². The zero-order valence-corrected chi connectivity index (χ0v) is 6.31. The minimum atomic E-state index is 0.0966. The SMILES string of the molecule is [CH2]C(=O)C(CC)CCC. The maximum atomic E-state index is 10.7. The Morgan fingerprint density at radius 2 is 2.11 bits per heavy atom. The summed E-state index contributed by atoms with van der Waals surface area (Å²) in [5, 5.41) is 0. The number of ketones is 1. The monoisotopic (exact) mass is 127 g/mol. The highest BCUT2D eigenvalue weighted by molar-refractivity contribution is 5.84. The van der Waals surface area contributed by atoms with Gasteiger partial charge in [-0.15, -0.1) is 0 Å². The quantitative estimate of drug-likeness (QED) is 0.566. The van der Waals surface area contributed by atoms with Crippen LogP contribution in [0.15, 0.2) is 0 Å². The van der Waals surface area contributed by atoms with Crippen LogP contribution >= 0.6 is 0 Å². The number of hydrogen-bond acceptors (Lipinski definition) is 1. The summed E-state index contributed by atoms with van der Waals surface area (Å²) < 4.78 is 0. The van der Waals surface area contributed by atoms with E-state index in [4.69, 9.17) is 0 Å². The first-order chi connectivity index (χ1) is 4.22. The highest BCUT2D eigenvalue weighted by Crippen LogP contribution is 2.10. The highest BCUT2D eigenvalue weighted by Gasteiger charge is 2.08. The zero-order chi connectivity index (χ0) is 7.28. The first-order valence-corrected chi connectivity index (χ1v) is 3.58. The molecule has 0 spiro atoms. The molecule has 0 bridgehead atoms. The van der Waals surface area contributed by atoms with Gasteiger partial charge in [0, 0.05) is 12.8 Å². The fourth-order valence-corrected chi connectivity index (χ4v) is 0.941. The Labute approximate surface area is 57.5 Å². The molecule has 0 rings (SSSR count). The van der Waals surface area contributed by atoms with E-state index in [1.165, 1.54) is 0 Å². The molecule has 0 fully saturated rings. The molecule has 0 heterocycles. The summed E-state index contributed by atoms with van der Waals surface area (Å²) in [6.45, 7) is 7.51. The Morgan fingerprint density at radius 3 is 2.22 bits per heavy atom. The van der Waals surface area contributed by atoms with Crippen LogP contribution < -0.4 is 0 Å². The molecule has 53 valence electrons. The lowest BCUT2D eigenvalue weighted by Gasteiger charge is -2.07. The Hall–Kier alpha value is -0.330. The smallest absolute Gasteiger partial charge is 0.136 e. The molecule has 0 aromatic heterocycles. The van der Waals surface area contributed by atoms with Crippen LogP contribution in [0.25, 0.3) is 0 Å². The maximum absolute atomic E-state index is 10.7. The van der Waals surface area contributed by atoms with Gasteiger partial charge in [0.15, 0.2) is 0 Å². The number of hydrogen-bond donors (Lipinski definition) is 0. The lowest BCUT2D eigenvalue weighted by Crippen LogP contribution is -2.08. The molecular formula is C8H15O. The summed E-state index contributed by atoms with van der Waals surface area (Å²) in [7, 11) is 0. The summed E-state index contributed by atoms with van der Waals surface area (Å²) in [5.41, 5.74) is 0. The number of carbonyl (C=O) groups is 1. The third kappa shape index (κ3) is 3.28. The van der Waals surface area contributed by atoms with Gasteiger partial charge in [-0.3, -0.25) is 4.79 Å². The average molecular weight is 127 g/mol. The number of Topliss-reactive ketones (excluding diaryl/α,β-unsaturated/α-hetero) is 1. The molecule has 0 aliphatic carbocycles. The predicted octanol–water partition coefficient (Wildman–Crippen LogP) is 2.22. The highest BCUT2D eigenvalue weighted by atomic mass is 16.1. The van der Waals surface area contributed by atoms with Gasteiger partial charge in [0.1, 0.15) is 5.78 Å². The summed E-state index contributed by atoms with van der Waals surface area (Å²) in [6, 6.07) is 0. The van der Waals surface area contributed by atoms with E-state index < -0.39 is 0 Å². The van der Waals surface area contributed by atoms with Crippen LogP contribution in [0, 0.1) is 12.8 Å². The Bertz CT molecular complexity index is 86.6. The molecule has 0 N–H and O–H groups in total. The second kappa shape index (κ2) is 4.54. The van der Waals surface area contributed by atoms with Gasteiger partial charge < -0.3 is 0 Å². The van der Waals surface area contributed by atoms with Gasteiger partial charge in [0.25, 0.3) is 0 Å². The summed E-state index contributed by atoms with van der Waals surface area (Å²) in [4.78, 5) is 10.7. The molecule has 1 radical (unpaired) electrons. The molecule has 1 nitrogen and oxygen atoms in total. The minimum absolute atomic E-state index is 0.0966. The molecule has 0 amide bonds. The van der Waals surface area contributed by atoms with E-state index in [2.05, 4.69) is 13.8 Å². The van der Waals surface area contributed by atoms with Gasteiger partial charge in [0.2, 0.25) is 0 Å². The fraction of sp³-hybridized carbons (Fsp3) is 0.750. The molecule has 0 aromatic rings. The first kappa shape index (κ1) is 8.67. The molecule has 0 saturated heterocycles. The van der Waals surface area contributed by atoms with Crippen LogP contribution in [0.2, 0.25) is 0 Å². The lowest BCUT2D eigenvalue weighted by molar-refractivity contribution is -0.118. The molecule has 0 aliphatic heterocycles. The van der Waals surface area contributed by atoms with Crippen molar-refractivity contribution in [2.75, 3.05) is 0 Å². The molecule has 0 aromatic carbocycles. The zero-order valence-electron chi connectivity index (χ0n) is 6.31. The topological polar surface area (TPSA) is 17.1 Å². The van der Waals surface area contributed by atoms with Crippen LogP contribution in [-0.2, 0) is 4.79 Å². The molecular weight excluding hydrogens is 112 g/mol. The molecule has 0 saturated carbocycles. The van der Waals surface area contributed by atoms with Gasteiger partial charge in [0.05, 0.1) is 0 Å². The van der Waals surface area contributed by atoms with Crippen molar-refractivity contribution in [3.8, 4) is 0 Å². The third-order valence-corrected chi connectivity index (χ3v) is 1.59. The van der Waals surface area contributed by atoms with E-state index in [-0.39, 0.29) is 11.7 Å². The number of carbonyl (C=O) groups excluding carboxylic acids is 1. The fourth-order valence-electron chi connectivity index (χ4n) is 0.941. The van der Waals surface area contributed by atoms with Crippen molar-refractivity contribution in [2.45, 2.75) is 33.1 Å². The molecule has 1 atom stereocenters. The van der Waals surface area contributed by atoms with Gasteiger partial charge in [-0.1, -0.05) is 20.3 Å². The second-order valence-corrected chi connectivity index (χ2v) is 2.36. The molecule has 1 unspecified atom stereocenters. The van der Waals surface area contributed by atoms with Crippen LogP contribution in [0.3, 0.4) is 0 Å². The molecule has 9 heavy (non-hydrogen) atoms. The van der Waals surface area contributed by atoms with E-state index in [9.17, 15) is 4.79 Å². The van der Waals surface area contributed by atoms with E-state index in [1.54, 1.807) is 0 Å². The summed E-state index contributed by atoms with van der Waals surface area (Å²) >= 11 is 0. The lowest BCUT2D eigenvalue weighted by atomic mass is 9.97. The standard InChI is InChI=1S/C8H15O/c1-4-6-8(5-2)7(3)9/h8H,3-6H2,1-2H3. The van der Waals surface area contributed by atoms with Crippen LogP contribution in [-0.4, -0.2) is 5.78 Å². The van der Waals surface area contributed by atoms with Gasteiger partial charge in [-0.05, 0) is 12.8 Å². The Kier molecular flexibility index (Phi) is 4.37. The van der Waals surface area contributed by atoms with E-state index in [1.807, 2.05) is 6.92 Å². The predicted molar refractivity (Wildman–Crippen MR) is 39.1 cm³/mol. The van der Waals surface area contributed by atoms with Gasteiger partial charge in [-0.25, -0.2) is 0 Å². The maximum Gasteiger partial charge on any atom is 0.136 e. The van der Waals surface area contributed by atoms with Crippen molar-refractivity contribution in [1.29, 1.82) is 0 Å². The normalized spacial score (nSPS) is 13.2. The minimum Gasteiger partial charge on any atom is -0.299 e. The third-order valence-electron chi connectivity index (χ3n) is 1.59. The van der Waals surface area contributed by atoms with Crippen molar-refractivity contribution in [2.24, 2.45) is 5.92 Å². The number of rotatable bonds is 4. The van der Waals surface area contributed by atoms with Gasteiger partial charge in [-0.2, -0.15) is 0 Å². The van der Waals surface area contributed by atoms with Crippen molar-refractivity contribution in [3.05, 3.63) is 6.92 Å². The van der Waals surface area contributed by atoms with E-state index in [0.717, 1.165) is 19.3 Å². The Balaban J connectivity index is 3.54. The summed E-state index contributed by atoms with van der Waals surface area (Å²) in [5.74, 6) is 0.314. The average Bonchev–Trinajstić information content (AvgIpc) is 1.82.